The molecular weight excluding hydrogens is 131 g/mol. The molecule has 49 valence electrons. The fraction of sp³-hybridized carbons (Fsp3) is 0.667. The lowest BCUT2D eigenvalue weighted by Gasteiger charge is -2.06. The molecule has 0 rings (SSSR count). The lowest BCUT2D eigenvalue weighted by molar-refractivity contribution is 0.301. The highest BCUT2D eigenvalue weighted by Gasteiger charge is 2.23. The summed E-state index contributed by atoms with van der Waals surface area (Å²) in [6.45, 7) is 0.658. The molecule has 0 heterocycles. The zero-order chi connectivity index (χ0) is 6.78. The van der Waals surface area contributed by atoms with Crippen LogP contribution in [0.15, 0.2) is 0 Å². The molecule has 0 aliphatic carbocycles. The molecule has 0 unspecified atom stereocenters. The first-order valence-electron chi connectivity index (χ1n) is 1.98. The molecule has 5 heteroatoms. The third-order valence-corrected chi connectivity index (χ3v) is 1.86. The summed E-state index contributed by atoms with van der Waals surface area (Å²) in [6, 6.07) is 0. The molecule has 0 fully saturated rings. The monoisotopic (exact) mass is 139 g/mol. The van der Waals surface area contributed by atoms with Gasteiger partial charge in [0.2, 0.25) is 0 Å². The van der Waals surface area contributed by atoms with Gasteiger partial charge in [0.1, 0.15) is 5.66 Å². The number of hydrogen-bond acceptors (Lipinski definition) is 2. The molecule has 0 aromatic heterocycles. The van der Waals surface area contributed by atoms with E-state index in [1.165, 1.54) is 6.92 Å². The molecule has 8 heavy (non-hydrogen) atoms. The van der Waals surface area contributed by atoms with Crippen molar-refractivity contribution >= 4 is 7.60 Å². The van der Waals surface area contributed by atoms with E-state index in [0.29, 0.717) is 0 Å². The normalized spacial score (nSPS) is 12.6. The maximum absolute atomic E-state index is 10.1. The highest BCUT2D eigenvalue weighted by Crippen LogP contribution is 2.45. The second kappa shape index (κ2) is 2.60. The summed E-state index contributed by atoms with van der Waals surface area (Å²) in [7, 11) is -4.09. The van der Waals surface area contributed by atoms with E-state index >= 15 is 0 Å². The third kappa shape index (κ3) is 2.43. The van der Waals surface area contributed by atoms with Crippen molar-refractivity contribution in [2.45, 2.75) is 6.92 Å². The summed E-state index contributed by atoms with van der Waals surface area (Å²) in [6.07, 6.45) is 0. The third-order valence-electron chi connectivity index (χ3n) is 0.726. The summed E-state index contributed by atoms with van der Waals surface area (Å²) >= 11 is 0. The van der Waals surface area contributed by atoms with Gasteiger partial charge in [-0.05, 0) is 6.92 Å². The Balaban J connectivity index is 3.82. The SMILES string of the molecule is C[C](CO)P(=O)(O)O. The van der Waals surface area contributed by atoms with Crippen LogP contribution >= 0.6 is 7.60 Å². The molecule has 0 aromatic rings. The Morgan fingerprint density at radius 1 is 1.62 bits per heavy atom. The van der Waals surface area contributed by atoms with Gasteiger partial charge >= 0.3 is 7.60 Å². The van der Waals surface area contributed by atoms with Crippen molar-refractivity contribution in [1.29, 1.82) is 0 Å². The van der Waals surface area contributed by atoms with Crippen LogP contribution in [0.25, 0.3) is 0 Å². The van der Waals surface area contributed by atoms with Gasteiger partial charge in [-0.25, -0.2) is 0 Å². The minimum absolute atomic E-state index is 0.197. The van der Waals surface area contributed by atoms with Gasteiger partial charge in [0.15, 0.2) is 0 Å². The predicted molar refractivity (Wildman–Crippen MR) is 28.0 cm³/mol. The lowest BCUT2D eigenvalue weighted by Crippen LogP contribution is -1.97. The molecule has 3 N–H and O–H groups in total. The Hall–Kier alpha value is 0.110. The molecule has 1 radical (unpaired) electrons. The van der Waals surface area contributed by atoms with Gasteiger partial charge in [0.25, 0.3) is 0 Å². The number of rotatable bonds is 2. The number of aliphatic hydroxyl groups is 1. The van der Waals surface area contributed by atoms with Crippen molar-refractivity contribution < 1.29 is 19.5 Å². The molecule has 0 spiro atoms. The molecule has 0 aliphatic rings. The number of aliphatic hydroxyl groups excluding tert-OH is 1. The molecule has 0 bridgehead atoms. The largest absolute Gasteiger partial charge is 0.395 e. The Kier molecular flexibility index (Phi) is 2.63. The van der Waals surface area contributed by atoms with E-state index in [1.807, 2.05) is 0 Å². The van der Waals surface area contributed by atoms with Crippen LogP contribution in [0.4, 0.5) is 0 Å². The van der Waals surface area contributed by atoms with Gasteiger partial charge in [-0.2, -0.15) is 0 Å². The fourth-order valence-electron chi connectivity index (χ4n) is 0.0921. The summed E-state index contributed by atoms with van der Waals surface area (Å²) in [5, 5.41) is 8.14. The zero-order valence-electron chi connectivity index (χ0n) is 4.40. The van der Waals surface area contributed by atoms with E-state index in [9.17, 15) is 4.57 Å². The van der Waals surface area contributed by atoms with Crippen LogP contribution in [0.3, 0.4) is 0 Å². The van der Waals surface area contributed by atoms with E-state index in [-0.39, 0.29) is 5.66 Å². The Labute approximate surface area is 47.3 Å². The van der Waals surface area contributed by atoms with E-state index in [1.54, 1.807) is 0 Å². The second-order valence-electron chi connectivity index (χ2n) is 1.44. The van der Waals surface area contributed by atoms with Gasteiger partial charge in [0, 0.05) is 0 Å². The van der Waals surface area contributed by atoms with E-state index in [2.05, 4.69) is 0 Å². The highest BCUT2D eigenvalue weighted by atomic mass is 31.2. The van der Waals surface area contributed by atoms with Crippen molar-refractivity contribution in [2.75, 3.05) is 6.61 Å². The van der Waals surface area contributed by atoms with Crippen LogP contribution in [-0.4, -0.2) is 21.5 Å². The topological polar surface area (TPSA) is 77.8 Å². The van der Waals surface area contributed by atoms with Crippen LogP contribution in [0.2, 0.25) is 0 Å². The molecule has 0 saturated carbocycles. The Morgan fingerprint density at radius 3 is 2.00 bits per heavy atom. The first-order chi connectivity index (χ1) is 3.48. The van der Waals surface area contributed by atoms with Crippen LogP contribution < -0.4 is 0 Å². The Bertz CT molecular complexity index is 106. The molecule has 0 aliphatic heterocycles. The van der Waals surface area contributed by atoms with E-state index in [4.69, 9.17) is 14.9 Å². The van der Waals surface area contributed by atoms with Crippen molar-refractivity contribution in [3.63, 3.8) is 0 Å². The van der Waals surface area contributed by atoms with Gasteiger partial charge in [0.05, 0.1) is 6.61 Å². The van der Waals surface area contributed by atoms with Gasteiger partial charge in [-0.1, -0.05) is 0 Å². The van der Waals surface area contributed by atoms with E-state index in [0.717, 1.165) is 0 Å². The minimum atomic E-state index is -4.09. The standard InChI is InChI=1S/C3H8O4P/c1-3(2-4)8(5,6)7/h4H,2H2,1H3,(H2,5,6,7). The first kappa shape index (κ1) is 8.11. The zero-order valence-corrected chi connectivity index (χ0v) is 5.30. The second-order valence-corrected chi connectivity index (χ2v) is 3.29. The van der Waals surface area contributed by atoms with Crippen molar-refractivity contribution in [3.8, 4) is 0 Å². The van der Waals surface area contributed by atoms with Crippen molar-refractivity contribution in [2.24, 2.45) is 0 Å². The van der Waals surface area contributed by atoms with Crippen LogP contribution in [0.1, 0.15) is 6.92 Å². The molecule has 0 aromatic carbocycles. The first-order valence-corrected chi connectivity index (χ1v) is 3.59. The molecule has 4 nitrogen and oxygen atoms in total. The number of hydrogen-bond donors (Lipinski definition) is 3. The van der Waals surface area contributed by atoms with Gasteiger partial charge in [-0.3, -0.25) is 4.57 Å². The smallest absolute Gasteiger partial charge is 0.334 e. The average Bonchev–Trinajstić information content (AvgIpc) is 1.62. The van der Waals surface area contributed by atoms with Gasteiger partial charge < -0.3 is 14.9 Å². The molecule has 0 atom stereocenters. The van der Waals surface area contributed by atoms with E-state index < -0.39 is 14.2 Å². The summed E-state index contributed by atoms with van der Waals surface area (Å²) in [5.74, 6) is 0. The molecular formula is C3H8O4P. The average molecular weight is 139 g/mol. The predicted octanol–water partition coefficient (Wildman–Crippen LogP) is -0.292. The summed E-state index contributed by atoms with van der Waals surface area (Å²) in [5.41, 5.74) is -0.197. The molecule has 0 saturated heterocycles. The van der Waals surface area contributed by atoms with Crippen molar-refractivity contribution in [1.82, 2.24) is 0 Å². The van der Waals surface area contributed by atoms with Gasteiger partial charge in [-0.15, -0.1) is 0 Å². The van der Waals surface area contributed by atoms with Crippen LogP contribution in [-0.2, 0) is 4.57 Å². The highest BCUT2D eigenvalue weighted by molar-refractivity contribution is 7.55. The van der Waals surface area contributed by atoms with Crippen LogP contribution in [0.5, 0.6) is 0 Å². The van der Waals surface area contributed by atoms with Crippen LogP contribution in [0, 0.1) is 5.66 Å². The quantitative estimate of drug-likeness (QED) is 0.459. The molecule has 0 amide bonds. The summed E-state index contributed by atoms with van der Waals surface area (Å²) in [4.78, 5) is 16.4. The fourth-order valence-corrected chi connectivity index (χ4v) is 0.276. The minimum Gasteiger partial charge on any atom is -0.395 e. The maximum atomic E-state index is 10.1. The summed E-state index contributed by atoms with van der Waals surface area (Å²) < 4.78 is 10.1. The maximum Gasteiger partial charge on any atom is 0.334 e. The Morgan fingerprint density at radius 2 is 2.00 bits per heavy atom. The lowest BCUT2D eigenvalue weighted by atomic mass is 10.5. The van der Waals surface area contributed by atoms with Crippen molar-refractivity contribution in [3.05, 3.63) is 5.66 Å².